The summed E-state index contributed by atoms with van der Waals surface area (Å²) in [6, 6.07) is 7.96. The van der Waals surface area contributed by atoms with Gasteiger partial charge in [0.05, 0.1) is 13.1 Å². The molecule has 22 heavy (non-hydrogen) atoms. The summed E-state index contributed by atoms with van der Waals surface area (Å²) in [7, 11) is 0. The molecule has 1 atom stereocenters. The number of hydrogen-bond donors (Lipinski definition) is 0. The Morgan fingerprint density at radius 1 is 1.64 bits per heavy atom. The predicted molar refractivity (Wildman–Crippen MR) is 71.0 cm³/mol. The Morgan fingerprint density at radius 2 is 2.36 bits per heavy atom. The molecule has 7 nitrogen and oxygen atoms in total. The van der Waals surface area contributed by atoms with Crippen LogP contribution < -0.4 is 4.90 Å². The van der Waals surface area contributed by atoms with Gasteiger partial charge >= 0.3 is 6.09 Å². The van der Waals surface area contributed by atoms with E-state index in [1.165, 1.54) is 4.90 Å². The van der Waals surface area contributed by atoms with Crippen molar-refractivity contribution >= 4 is 17.6 Å². The first-order valence-electron chi connectivity index (χ1n) is 5.94. The van der Waals surface area contributed by atoms with E-state index in [4.69, 9.17) is 10.3 Å². The number of nitrogens with zero attached hydrogens (tertiary/aromatic N) is 4. The van der Waals surface area contributed by atoms with Crippen LogP contribution in [0.3, 0.4) is 0 Å². The van der Waals surface area contributed by atoms with Crippen LogP contribution in [-0.4, -0.2) is 31.1 Å². The summed E-state index contributed by atoms with van der Waals surface area (Å²) in [5.74, 6) is -0.219. The number of amides is 1. The number of ketones is 1. The molecule has 0 aliphatic carbocycles. The van der Waals surface area contributed by atoms with Crippen LogP contribution in [0, 0.1) is 13.0 Å². The molecule has 1 heterocycles. The number of anilines is 1. The monoisotopic (exact) mass is 507 g/mol. The summed E-state index contributed by atoms with van der Waals surface area (Å²) in [6.07, 6.45) is -0.791. The molecule has 0 aromatic heterocycles. The van der Waals surface area contributed by atoms with Gasteiger partial charge in [0.2, 0.25) is 0 Å². The van der Waals surface area contributed by atoms with E-state index < -0.39 is 12.2 Å². The maximum absolute atomic E-state index is 11.8. The van der Waals surface area contributed by atoms with Crippen molar-refractivity contribution in [2.75, 3.05) is 18.0 Å². The number of azide groups is 1. The molecule has 1 fully saturated rings. The van der Waals surface area contributed by atoms with E-state index in [0.29, 0.717) is 17.8 Å². The molecule has 0 spiro atoms. The third-order valence-electron chi connectivity index (χ3n) is 2.77. The van der Waals surface area contributed by atoms with Gasteiger partial charge in [0.1, 0.15) is 6.10 Å². The van der Waals surface area contributed by atoms with Gasteiger partial charge in [0.25, 0.3) is 0 Å². The molecule has 9 heteroatoms. The molecule has 0 N–H and O–H groups in total. The van der Waals surface area contributed by atoms with Crippen LogP contribution in [0.5, 0.6) is 0 Å². The Hall–Kier alpha value is -1.39. The zero-order valence-corrected chi connectivity index (χ0v) is 15.8. The van der Waals surface area contributed by atoms with E-state index in [2.05, 4.69) is 23.0 Å². The average Bonchev–Trinajstić information content (AvgIpc) is 2.77. The van der Waals surface area contributed by atoms with Gasteiger partial charge in [0.15, 0.2) is 0 Å². The van der Waals surface area contributed by atoms with Crippen molar-refractivity contribution in [1.82, 2.24) is 0 Å². The van der Waals surface area contributed by atoms with Crippen molar-refractivity contribution in [3.8, 4) is 0 Å². The molecule has 0 unspecified atom stereocenters. The number of carbonyl (C=O) groups is 2. The molecule has 0 bridgehead atoms. The molecule has 0 saturated carbocycles. The first kappa shape index (κ1) is 20.6. The molecule has 1 amide bonds. The molecule has 1 aliphatic rings. The number of benzene rings is 1. The molecular weight excluding hydrogens is 495 g/mol. The minimum Gasteiger partial charge on any atom is -0.444 e. The van der Waals surface area contributed by atoms with Crippen LogP contribution in [0.2, 0.25) is 0 Å². The third kappa shape index (κ3) is 5.43. The van der Waals surface area contributed by atoms with E-state index in [0.717, 1.165) is 0 Å². The van der Waals surface area contributed by atoms with Gasteiger partial charge in [-0.1, -0.05) is 10.8 Å². The maximum Gasteiger partial charge on any atom is 0.412 e. The SMILES string of the molecule is [CH2-]C(=O)Cc1[c-]ccc(N2C[C@H](CN=[N+]=[N-])OC2=O)c1.[V].[W]. The van der Waals surface area contributed by atoms with Gasteiger partial charge in [-0.3, -0.25) is 4.90 Å². The van der Waals surface area contributed by atoms with Crippen molar-refractivity contribution in [3.63, 3.8) is 0 Å². The number of cyclic esters (lactones) is 1. The van der Waals surface area contributed by atoms with Crippen LogP contribution in [-0.2, 0) is 55.6 Å². The number of ether oxygens (including phenoxy) is 1. The summed E-state index contributed by atoms with van der Waals surface area (Å²) in [6.45, 7) is 3.72. The van der Waals surface area contributed by atoms with Crippen molar-refractivity contribution in [3.05, 3.63) is 47.2 Å². The molecule has 1 radical (unpaired) electrons. The molecular formula is C13H12N4O3VW-2. The fraction of sp³-hybridized carbons (Fsp3) is 0.308. The zero-order chi connectivity index (χ0) is 14.5. The van der Waals surface area contributed by atoms with E-state index in [1.54, 1.807) is 18.2 Å². The van der Waals surface area contributed by atoms with E-state index in [9.17, 15) is 9.59 Å². The van der Waals surface area contributed by atoms with Gasteiger partial charge in [0, 0.05) is 44.5 Å². The summed E-state index contributed by atoms with van der Waals surface area (Å²) < 4.78 is 5.08. The summed E-state index contributed by atoms with van der Waals surface area (Å²) >= 11 is 0. The first-order chi connectivity index (χ1) is 9.60. The Kier molecular flexibility index (Phi) is 8.99. The van der Waals surface area contributed by atoms with E-state index >= 15 is 0 Å². The second-order valence-electron chi connectivity index (χ2n) is 4.32. The molecule has 1 aromatic rings. The second-order valence-corrected chi connectivity index (χ2v) is 4.32. The average molecular weight is 507 g/mol. The molecule has 1 saturated heterocycles. The minimum absolute atomic E-state index is 0. The number of rotatable bonds is 5. The molecule has 2 rings (SSSR count). The van der Waals surface area contributed by atoms with Crippen molar-refractivity contribution in [1.29, 1.82) is 0 Å². The van der Waals surface area contributed by atoms with E-state index in [-0.39, 0.29) is 58.4 Å². The van der Waals surface area contributed by atoms with Crippen LogP contribution in [0.1, 0.15) is 5.56 Å². The maximum atomic E-state index is 11.8. The molecule has 115 valence electrons. The van der Waals surface area contributed by atoms with Crippen molar-refractivity contribution in [2.24, 2.45) is 5.11 Å². The van der Waals surface area contributed by atoms with E-state index in [1.807, 2.05) is 0 Å². The van der Waals surface area contributed by atoms with Crippen LogP contribution >= 0.6 is 0 Å². The fourth-order valence-corrected chi connectivity index (χ4v) is 1.94. The minimum atomic E-state index is -0.499. The summed E-state index contributed by atoms with van der Waals surface area (Å²) in [4.78, 5) is 26.8. The van der Waals surface area contributed by atoms with Gasteiger partial charge < -0.3 is 16.5 Å². The number of carbonyl (C=O) groups excluding carboxylic acids is 2. The predicted octanol–water partition coefficient (Wildman–Crippen LogP) is 2.06. The zero-order valence-electron chi connectivity index (χ0n) is 11.5. The Morgan fingerprint density at radius 3 is 3.00 bits per heavy atom. The topological polar surface area (TPSA) is 95.4 Å². The van der Waals surface area contributed by atoms with Gasteiger partial charge in [-0.25, -0.2) is 4.79 Å². The largest absolute Gasteiger partial charge is 0.444 e. The van der Waals surface area contributed by atoms with Gasteiger partial charge in [-0.2, -0.15) is 17.7 Å². The Bertz CT molecular complexity index is 592. The summed E-state index contributed by atoms with van der Waals surface area (Å²) in [5.41, 5.74) is 9.54. The smallest absolute Gasteiger partial charge is 0.412 e. The number of hydrogen-bond acceptors (Lipinski definition) is 4. The Balaban J connectivity index is 0.00000220. The summed E-state index contributed by atoms with van der Waals surface area (Å²) in [5, 5.41) is 3.39. The molecule has 1 aromatic carbocycles. The van der Waals surface area contributed by atoms with Crippen molar-refractivity contribution in [2.45, 2.75) is 12.5 Å². The van der Waals surface area contributed by atoms with Crippen LogP contribution in [0.4, 0.5) is 10.5 Å². The Labute approximate surface area is 154 Å². The normalized spacial score (nSPS) is 15.9. The van der Waals surface area contributed by atoms with Crippen molar-refractivity contribution < 1.29 is 53.9 Å². The third-order valence-corrected chi connectivity index (χ3v) is 2.77. The first-order valence-corrected chi connectivity index (χ1v) is 5.94. The quantitative estimate of drug-likeness (QED) is 0.265. The fourth-order valence-electron chi connectivity index (χ4n) is 1.94. The number of Topliss-reactive ketones (excluding diaryl/α,β-unsaturated/α-hetero) is 1. The van der Waals surface area contributed by atoms with Gasteiger partial charge in [-0.15, -0.1) is 12.1 Å². The molecule has 1 aliphatic heterocycles. The van der Waals surface area contributed by atoms with Crippen LogP contribution in [0.25, 0.3) is 10.4 Å². The van der Waals surface area contributed by atoms with Crippen LogP contribution in [0.15, 0.2) is 23.3 Å². The van der Waals surface area contributed by atoms with Gasteiger partial charge in [-0.05, 0) is 17.7 Å². The second kappa shape index (κ2) is 9.59. The standard InChI is InChI=1S/C13H12N4O3.V.W/c1-9(18)5-10-3-2-4-11(6-10)17-8-12(7-15-16-14)20-13(17)19;;/h2,4,6,12H,1,5,7-8H2;;/q-2;;/t12-;;/m0../s1.